The first-order valence-corrected chi connectivity index (χ1v) is 8.94. The van der Waals surface area contributed by atoms with Crippen LogP contribution >= 0.6 is 0 Å². The van der Waals surface area contributed by atoms with Crippen LogP contribution in [-0.4, -0.2) is 47.3 Å². The second-order valence-corrected chi connectivity index (χ2v) is 6.58. The van der Waals surface area contributed by atoms with Gasteiger partial charge < -0.3 is 24.4 Å². The van der Waals surface area contributed by atoms with E-state index in [4.69, 9.17) is 14.2 Å². The molecule has 0 saturated carbocycles. The maximum atomic E-state index is 10.6. The zero-order chi connectivity index (χ0) is 18.4. The fourth-order valence-corrected chi connectivity index (χ4v) is 3.21. The molecular formula is C21H26O5. The van der Waals surface area contributed by atoms with E-state index in [2.05, 4.69) is 0 Å². The Hall–Kier alpha value is -1.76. The minimum absolute atomic E-state index is 0.262. The van der Waals surface area contributed by atoms with Crippen LogP contribution in [0, 0.1) is 0 Å². The summed E-state index contributed by atoms with van der Waals surface area (Å²) < 4.78 is 17.8. The molecule has 0 spiro atoms. The van der Waals surface area contributed by atoms with Crippen molar-refractivity contribution in [3.05, 3.63) is 71.8 Å². The van der Waals surface area contributed by atoms with Gasteiger partial charge in [0.15, 0.2) is 0 Å². The van der Waals surface area contributed by atoms with Crippen LogP contribution in [0.4, 0.5) is 0 Å². The maximum absolute atomic E-state index is 10.6. The third kappa shape index (κ3) is 4.69. The molecule has 1 fully saturated rings. The summed E-state index contributed by atoms with van der Waals surface area (Å²) in [4.78, 5) is 0. The molecule has 2 unspecified atom stereocenters. The van der Waals surface area contributed by atoms with Gasteiger partial charge in [-0.05, 0) is 18.1 Å². The van der Waals surface area contributed by atoms with Gasteiger partial charge in [-0.1, -0.05) is 60.7 Å². The highest BCUT2D eigenvalue weighted by Crippen LogP contribution is 2.27. The van der Waals surface area contributed by atoms with Gasteiger partial charge in [-0.3, -0.25) is 0 Å². The molecule has 0 aliphatic carbocycles. The Balaban J connectivity index is 1.69. The quantitative estimate of drug-likeness (QED) is 0.795. The lowest BCUT2D eigenvalue weighted by molar-refractivity contribution is -0.253. The molecule has 1 heterocycles. The van der Waals surface area contributed by atoms with Crippen molar-refractivity contribution in [2.45, 2.75) is 50.7 Å². The molecule has 140 valence electrons. The predicted octanol–water partition coefficient (Wildman–Crippen LogP) is 2.30. The molecule has 5 heteroatoms. The second-order valence-electron chi connectivity index (χ2n) is 6.58. The van der Waals surface area contributed by atoms with E-state index in [0.29, 0.717) is 13.2 Å². The Bertz CT molecular complexity index is 648. The van der Waals surface area contributed by atoms with E-state index >= 15 is 0 Å². The third-order valence-corrected chi connectivity index (χ3v) is 4.64. The van der Waals surface area contributed by atoms with Gasteiger partial charge in [-0.15, -0.1) is 0 Å². The summed E-state index contributed by atoms with van der Waals surface area (Å²) in [6.45, 7) is 2.38. The largest absolute Gasteiger partial charge is 0.394 e. The van der Waals surface area contributed by atoms with Gasteiger partial charge in [0.05, 0.1) is 25.9 Å². The lowest BCUT2D eigenvalue weighted by Gasteiger charge is -2.43. The van der Waals surface area contributed by atoms with E-state index in [1.54, 1.807) is 0 Å². The van der Waals surface area contributed by atoms with Crippen molar-refractivity contribution in [2.24, 2.45) is 0 Å². The molecule has 26 heavy (non-hydrogen) atoms. The predicted molar refractivity (Wildman–Crippen MR) is 97.5 cm³/mol. The Morgan fingerprint density at radius 3 is 1.85 bits per heavy atom. The van der Waals surface area contributed by atoms with Crippen molar-refractivity contribution >= 4 is 0 Å². The summed E-state index contributed by atoms with van der Waals surface area (Å²) in [5, 5.41) is 20.1. The molecule has 0 bridgehead atoms. The lowest BCUT2D eigenvalue weighted by Crippen LogP contribution is -2.59. The molecule has 5 nitrogen and oxygen atoms in total. The molecule has 1 saturated heterocycles. The van der Waals surface area contributed by atoms with E-state index in [-0.39, 0.29) is 12.7 Å². The average molecular weight is 358 g/mol. The van der Waals surface area contributed by atoms with E-state index in [9.17, 15) is 10.2 Å². The number of hydrogen-bond acceptors (Lipinski definition) is 5. The second kappa shape index (κ2) is 9.26. The van der Waals surface area contributed by atoms with Crippen LogP contribution in [0.3, 0.4) is 0 Å². The maximum Gasteiger partial charge on any atom is 0.115 e. The minimum Gasteiger partial charge on any atom is -0.394 e. The number of aliphatic hydroxyl groups is 2. The SMILES string of the molecule is C[C@@H]1OC(CO)[C@H](O)[C@H](OCc2ccccc2)C1OCc1ccccc1. The van der Waals surface area contributed by atoms with Crippen molar-refractivity contribution in [3.8, 4) is 0 Å². The molecule has 2 aromatic carbocycles. The van der Waals surface area contributed by atoms with Gasteiger partial charge in [0, 0.05) is 0 Å². The van der Waals surface area contributed by atoms with Crippen LogP contribution in [-0.2, 0) is 27.4 Å². The van der Waals surface area contributed by atoms with Crippen LogP contribution in [0.15, 0.2) is 60.7 Å². The Morgan fingerprint density at radius 2 is 1.35 bits per heavy atom. The minimum atomic E-state index is -0.958. The number of ether oxygens (including phenoxy) is 3. The van der Waals surface area contributed by atoms with Gasteiger partial charge in [0.25, 0.3) is 0 Å². The molecule has 1 aliphatic heterocycles. The summed E-state index contributed by atoms with van der Waals surface area (Å²) in [5.41, 5.74) is 2.06. The van der Waals surface area contributed by atoms with Crippen molar-refractivity contribution in [1.82, 2.24) is 0 Å². The lowest BCUT2D eigenvalue weighted by atomic mass is 9.95. The molecule has 0 amide bonds. The molecule has 1 aliphatic rings. The van der Waals surface area contributed by atoms with Gasteiger partial charge in [0.1, 0.15) is 24.4 Å². The Labute approximate surface area is 154 Å². The third-order valence-electron chi connectivity index (χ3n) is 4.64. The van der Waals surface area contributed by atoms with Gasteiger partial charge >= 0.3 is 0 Å². The van der Waals surface area contributed by atoms with Crippen LogP contribution in [0.5, 0.6) is 0 Å². The molecule has 2 N–H and O–H groups in total. The van der Waals surface area contributed by atoms with Crippen molar-refractivity contribution in [2.75, 3.05) is 6.61 Å². The van der Waals surface area contributed by atoms with E-state index in [1.807, 2.05) is 67.6 Å². The normalized spacial score (nSPS) is 28.8. The topological polar surface area (TPSA) is 68.2 Å². The van der Waals surface area contributed by atoms with E-state index in [0.717, 1.165) is 11.1 Å². The van der Waals surface area contributed by atoms with Gasteiger partial charge in [0.2, 0.25) is 0 Å². The Kier molecular flexibility index (Phi) is 6.77. The van der Waals surface area contributed by atoms with Crippen LogP contribution in [0.25, 0.3) is 0 Å². The molecular weight excluding hydrogens is 332 g/mol. The number of rotatable bonds is 7. The highest BCUT2D eigenvalue weighted by atomic mass is 16.6. The highest BCUT2D eigenvalue weighted by molar-refractivity contribution is 5.14. The summed E-state index contributed by atoms with van der Waals surface area (Å²) in [6, 6.07) is 19.6. The highest BCUT2D eigenvalue weighted by Gasteiger charge is 2.44. The van der Waals surface area contributed by atoms with E-state index in [1.165, 1.54) is 0 Å². The van der Waals surface area contributed by atoms with Gasteiger partial charge in [-0.25, -0.2) is 0 Å². The van der Waals surface area contributed by atoms with Gasteiger partial charge in [-0.2, -0.15) is 0 Å². The first-order chi connectivity index (χ1) is 12.7. The summed E-state index contributed by atoms with van der Waals surface area (Å²) >= 11 is 0. The van der Waals surface area contributed by atoms with Crippen molar-refractivity contribution in [3.63, 3.8) is 0 Å². The van der Waals surface area contributed by atoms with Crippen molar-refractivity contribution in [1.29, 1.82) is 0 Å². The summed E-state index contributed by atoms with van der Waals surface area (Å²) in [6.07, 6.45) is -2.96. The zero-order valence-corrected chi connectivity index (χ0v) is 14.9. The van der Waals surface area contributed by atoms with Crippen molar-refractivity contribution < 1.29 is 24.4 Å². The smallest absolute Gasteiger partial charge is 0.115 e. The summed E-state index contributed by atoms with van der Waals surface area (Å²) in [5.74, 6) is 0. The first kappa shape index (κ1) is 19.0. The molecule has 2 aromatic rings. The number of hydrogen-bond donors (Lipinski definition) is 2. The fraction of sp³-hybridized carbons (Fsp3) is 0.429. The number of benzene rings is 2. The van der Waals surface area contributed by atoms with Crippen LogP contribution in [0.2, 0.25) is 0 Å². The fourth-order valence-electron chi connectivity index (χ4n) is 3.21. The van der Waals surface area contributed by atoms with E-state index < -0.39 is 24.4 Å². The monoisotopic (exact) mass is 358 g/mol. The average Bonchev–Trinajstić information content (AvgIpc) is 2.69. The first-order valence-electron chi connectivity index (χ1n) is 8.94. The standard InChI is InChI=1S/C21H26O5/c1-15-20(24-13-16-8-4-2-5-9-16)21(19(23)18(12-22)26-15)25-14-17-10-6-3-7-11-17/h2-11,15,18-23H,12-14H2,1H3/t15-,18?,19-,20?,21-/m0/s1. The molecule has 3 rings (SSSR count). The summed E-state index contributed by atoms with van der Waals surface area (Å²) in [7, 11) is 0. The van der Waals surface area contributed by atoms with Crippen LogP contribution < -0.4 is 0 Å². The molecule has 5 atom stereocenters. The molecule has 0 aromatic heterocycles. The van der Waals surface area contributed by atoms with Crippen LogP contribution in [0.1, 0.15) is 18.1 Å². The number of aliphatic hydroxyl groups excluding tert-OH is 2. The zero-order valence-electron chi connectivity index (χ0n) is 14.9. The Morgan fingerprint density at radius 1 is 0.846 bits per heavy atom. The molecule has 0 radical (unpaired) electrons.